The number of hydrogen-bond acceptors (Lipinski definition) is 0. The maximum Gasteiger partial charge on any atom is 0.416 e. The molecule has 0 amide bonds. The second-order valence-electron chi connectivity index (χ2n) is 9.29. The summed E-state index contributed by atoms with van der Waals surface area (Å²) < 4.78 is 50.3. The SMILES string of the molecule is C=CC(C)(CCC)CCC.CC1=CC=C(C)CC1.CCCCc1cc(F)ccc1C(F)(F)F. The number of unbranched alkanes of at least 4 members (excludes halogenated alkanes) is 1. The maximum atomic E-state index is 12.8. The molecule has 0 spiro atoms. The highest BCUT2D eigenvalue weighted by Crippen LogP contribution is 2.33. The van der Waals surface area contributed by atoms with Crippen LogP contribution < -0.4 is 0 Å². The molecular weight excluding hydrogens is 424 g/mol. The summed E-state index contributed by atoms with van der Waals surface area (Å²) in [6, 6.07) is 2.62. The van der Waals surface area contributed by atoms with Crippen molar-refractivity contribution in [1.82, 2.24) is 0 Å². The lowest BCUT2D eigenvalue weighted by Crippen LogP contribution is -2.11. The van der Waals surface area contributed by atoms with Crippen LogP contribution in [0.4, 0.5) is 17.6 Å². The molecule has 0 saturated heterocycles. The first-order chi connectivity index (χ1) is 15.4. The first-order valence-corrected chi connectivity index (χ1v) is 12.2. The fourth-order valence-corrected chi connectivity index (χ4v) is 3.73. The molecule has 0 unspecified atom stereocenters. The van der Waals surface area contributed by atoms with E-state index in [4.69, 9.17) is 0 Å². The normalized spacial score (nSPS) is 13.6. The van der Waals surface area contributed by atoms with E-state index in [0.717, 1.165) is 24.6 Å². The Kier molecular flexibility index (Phi) is 15.0. The van der Waals surface area contributed by atoms with E-state index in [1.165, 1.54) is 49.7 Å². The Hall–Kier alpha value is -1.84. The molecule has 0 bridgehead atoms. The molecule has 1 aliphatic carbocycles. The monoisotopic (exact) mass is 468 g/mol. The van der Waals surface area contributed by atoms with E-state index in [1.54, 1.807) is 0 Å². The number of aryl methyl sites for hydroxylation is 1. The Bertz CT molecular complexity index is 729. The predicted octanol–water partition coefficient (Wildman–Crippen LogP) is 10.6. The summed E-state index contributed by atoms with van der Waals surface area (Å²) in [5, 5.41) is 0. The highest BCUT2D eigenvalue weighted by Gasteiger charge is 2.33. The van der Waals surface area contributed by atoms with Crippen LogP contribution in [0.5, 0.6) is 0 Å². The van der Waals surface area contributed by atoms with Crippen LogP contribution in [-0.4, -0.2) is 0 Å². The van der Waals surface area contributed by atoms with E-state index < -0.39 is 17.6 Å². The van der Waals surface area contributed by atoms with E-state index in [-0.39, 0.29) is 12.0 Å². The standard InChI is InChI=1S/C11H12F4.C10H20.C8H12/c1-2-3-4-8-7-9(12)5-6-10(8)11(13,14)15;1-5-8-10(4,7-3)9-6-2;1-7-3-5-8(2)6-4-7/h5-7H,2-4H2,1H3;7H,3,5-6,8-9H2,1-2,4H3;3,5H,4,6H2,1-2H3. The number of hydrogen-bond donors (Lipinski definition) is 0. The first kappa shape index (κ1) is 31.2. The Morgan fingerprint density at radius 1 is 0.909 bits per heavy atom. The van der Waals surface area contributed by atoms with Crippen LogP contribution in [0.15, 0.2) is 54.2 Å². The van der Waals surface area contributed by atoms with Crippen molar-refractivity contribution < 1.29 is 17.6 Å². The lowest BCUT2D eigenvalue weighted by molar-refractivity contribution is -0.138. The molecule has 1 aliphatic rings. The van der Waals surface area contributed by atoms with Crippen molar-refractivity contribution in [2.75, 3.05) is 0 Å². The van der Waals surface area contributed by atoms with Crippen molar-refractivity contribution in [2.24, 2.45) is 5.41 Å². The van der Waals surface area contributed by atoms with Gasteiger partial charge in [-0.1, -0.05) is 76.3 Å². The van der Waals surface area contributed by atoms with E-state index in [1.807, 2.05) is 6.92 Å². The van der Waals surface area contributed by atoms with Gasteiger partial charge in [0.1, 0.15) is 5.82 Å². The minimum absolute atomic E-state index is 0.0457. The molecule has 0 saturated carbocycles. The topological polar surface area (TPSA) is 0 Å². The highest BCUT2D eigenvalue weighted by atomic mass is 19.4. The summed E-state index contributed by atoms with van der Waals surface area (Å²) in [4.78, 5) is 0. The third-order valence-electron chi connectivity index (χ3n) is 5.87. The number of benzene rings is 1. The smallest absolute Gasteiger partial charge is 0.207 e. The van der Waals surface area contributed by atoms with Gasteiger partial charge in [-0.3, -0.25) is 0 Å². The Morgan fingerprint density at radius 3 is 1.79 bits per heavy atom. The first-order valence-electron chi connectivity index (χ1n) is 12.2. The van der Waals surface area contributed by atoms with Gasteiger partial charge >= 0.3 is 6.18 Å². The Labute approximate surface area is 199 Å². The second-order valence-corrected chi connectivity index (χ2v) is 9.29. The minimum Gasteiger partial charge on any atom is -0.207 e. The van der Waals surface area contributed by atoms with Crippen molar-refractivity contribution >= 4 is 0 Å². The van der Waals surface area contributed by atoms with Crippen molar-refractivity contribution in [2.45, 2.75) is 106 Å². The Balaban J connectivity index is 0.000000494. The van der Waals surface area contributed by atoms with Gasteiger partial charge < -0.3 is 0 Å². The summed E-state index contributed by atoms with van der Waals surface area (Å²) >= 11 is 0. The zero-order valence-electron chi connectivity index (χ0n) is 21.5. The molecule has 0 fully saturated rings. The average Bonchev–Trinajstić information content (AvgIpc) is 2.75. The number of halogens is 4. The molecule has 0 N–H and O–H groups in total. The fourth-order valence-electron chi connectivity index (χ4n) is 3.73. The molecule has 0 radical (unpaired) electrons. The fraction of sp³-hybridized carbons (Fsp3) is 0.586. The zero-order valence-corrected chi connectivity index (χ0v) is 21.5. The second kappa shape index (κ2) is 15.9. The van der Waals surface area contributed by atoms with Gasteiger partial charge in [0.25, 0.3) is 0 Å². The zero-order chi connectivity index (χ0) is 25.5. The third kappa shape index (κ3) is 13.5. The molecule has 1 aromatic rings. The van der Waals surface area contributed by atoms with Gasteiger partial charge in [0.15, 0.2) is 0 Å². The molecule has 0 aromatic heterocycles. The van der Waals surface area contributed by atoms with Crippen LogP contribution in [0.3, 0.4) is 0 Å². The lowest BCUT2D eigenvalue weighted by atomic mass is 9.82. The van der Waals surface area contributed by atoms with E-state index >= 15 is 0 Å². The largest absolute Gasteiger partial charge is 0.416 e. The van der Waals surface area contributed by atoms with Gasteiger partial charge in [-0.05, 0) is 81.5 Å². The summed E-state index contributed by atoms with van der Waals surface area (Å²) in [6.45, 7) is 16.9. The molecular formula is C29H44F4. The quantitative estimate of drug-likeness (QED) is 0.263. The summed E-state index contributed by atoms with van der Waals surface area (Å²) in [7, 11) is 0. The molecule has 0 aliphatic heterocycles. The lowest BCUT2D eigenvalue weighted by Gasteiger charge is -2.24. The molecule has 0 nitrogen and oxygen atoms in total. The third-order valence-corrected chi connectivity index (χ3v) is 5.87. The van der Waals surface area contributed by atoms with Gasteiger partial charge in [-0.15, -0.1) is 6.58 Å². The van der Waals surface area contributed by atoms with Gasteiger partial charge in [-0.25, -0.2) is 4.39 Å². The van der Waals surface area contributed by atoms with Crippen molar-refractivity contribution in [3.63, 3.8) is 0 Å². The van der Waals surface area contributed by atoms with Crippen LogP contribution in [0.1, 0.15) is 104 Å². The minimum atomic E-state index is -4.39. The molecule has 2 rings (SSSR count). The number of alkyl halides is 3. The van der Waals surface area contributed by atoms with Crippen molar-refractivity contribution in [1.29, 1.82) is 0 Å². The van der Waals surface area contributed by atoms with Gasteiger partial charge in [0.2, 0.25) is 0 Å². The maximum absolute atomic E-state index is 12.8. The van der Waals surface area contributed by atoms with Crippen LogP contribution >= 0.6 is 0 Å². The molecule has 0 atom stereocenters. The molecule has 188 valence electrons. The molecule has 33 heavy (non-hydrogen) atoms. The van der Waals surface area contributed by atoms with E-state index in [2.05, 4.69) is 59.4 Å². The van der Waals surface area contributed by atoms with Crippen molar-refractivity contribution in [3.05, 3.63) is 71.1 Å². The van der Waals surface area contributed by atoms with Crippen LogP contribution in [0, 0.1) is 11.2 Å². The summed E-state index contributed by atoms with van der Waals surface area (Å²) in [6.07, 6.45) is 11.4. The van der Waals surface area contributed by atoms with Crippen LogP contribution in [-0.2, 0) is 12.6 Å². The predicted molar refractivity (Wildman–Crippen MR) is 135 cm³/mol. The number of rotatable bonds is 8. The highest BCUT2D eigenvalue weighted by molar-refractivity contribution is 5.30. The van der Waals surface area contributed by atoms with E-state index in [9.17, 15) is 17.6 Å². The molecule has 0 heterocycles. The van der Waals surface area contributed by atoms with Gasteiger partial charge in [0, 0.05) is 0 Å². The molecule has 4 heteroatoms. The average molecular weight is 469 g/mol. The van der Waals surface area contributed by atoms with E-state index in [0.29, 0.717) is 11.8 Å². The van der Waals surface area contributed by atoms with Crippen molar-refractivity contribution in [3.8, 4) is 0 Å². The van der Waals surface area contributed by atoms with Crippen LogP contribution in [0.25, 0.3) is 0 Å². The van der Waals surface area contributed by atoms with Gasteiger partial charge in [0.05, 0.1) is 5.56 Å². The molecule has 1 aromatic carbocycles. The number of allylic oxidation sites excluding steroid dienone is 5. The van der Waals surface area contributed by atoms with Crippen LogP contribution in [0.2, 0.25) is 0 Å². The summed E-state index contributed by atoms with van der Waals surface area (Å²) in [5.41, 5.74) is 2.75. The summed E-state index contributed by atoms with van der Waals surface area (Å²) in [5.74, 6) is -0.617. The van der Waals surface area contributed by atoms with Gasteiger partial charge in [-0.2, -0.15) is 13.2 Å². The Morgan fingerprint density at radius 2 is 1.42 bits per heavy atom.